The number of halogens is 4. The molecule has 0 aliphatic heterocycles. The van der Waals surface area contributed by atoms with E-state index in [2.05, 4.69) is 63.7 Å². The normalized spacial score (nSPS) is 13.8. The van der Waals surface area contributed by atoms with Crippen molar-refractivity contribution in [3.05, 3.63) is 48.5 Å². The van der Waals surface area contributed by atoms with E-state index in [0.29, 0.717) is 24.7 Å². The van der Waals surface area contributed by atoms with E-state index in [0.717, 1.165) is 10.7 Å². The van der Waals surface area contributed by atoms with E-state index in [1.54, 1.807) is 48.5 Å². The van der Waals surface area contributed by atoms with Crippen LogP contribution in [0.15, 0.2) is 58.3 Å². The summed E-state index contributed by atoms with van der Waals surface area (Å²) in [6.45, 7) is 0.978. The highest BCUT2D eigenvalue weighted by molar-refractivity contribution is 9.12. The molecular weight excluding hydrogens is 632 g/mol. The second kappa shape index (κ2) is 11.2. The molecule has 0 saturated carbocycles. The fraction of sp³-hybridized carbons (Fsp3) is 0.333. The van der Waals surface area contributed by atoms with Gasteiger partial charge in [-0.3, -0.25) is 0 Å². The molecule has 2 aromatic rings. The standard InChI is InChI=1S/C18H18Br4O4S/c19-9-13(21)11-25-15-1-5-17(6-2-15)27(23,24)18-7-3-16(4-8-18)26-12-14(22)10-20/h1-8,13-14H,9-12H2. The third-order valence-electron chi connectivity index (χ3n) is 3.46. The highest BCUT2D eigenvalue weighted by Crippen LogP contribution is 2.25. The van der Waals surface area contributed by atoms with Crippen LogP contribution in [0.3, 0.4) is 0 Å². The van der Waals surface area contributed by atoms with Crippen molar-refractivity contribution in [1.82, 2.24) is 0 Å². The summed E-state index contributed by atoms with van der Waals surface area (Å²) in [4.78, 5) is 0.824. The van der Waals surface area contributed by atoms with Crippen LogP contribution in [-0.4, -0.2) is 41.9 Å². The Hall–Kier alpha value is -0.0900. The highest BCUT2D eigenvalue weighted by Gasteiger charge is 2.18. The number of ether oxygens (including phenoxy) is 2. The Morgan fingerprint density at radius 3 is 1.33 bits per heavy atom. The molecule has 0 radical (unpaired) electrons. The molecule has 0 fully saturated rings. The van der Waals surface area contributed by atoms with Gasteiger partial charge in [-0.05, 0) is 48.5 Å². The lowest BCUT2D eigenvalue weighted by atomic mass is 10.3. The SMILES string of the molecule is O=S(=O)(c1ccc(OCC(Br)CBr)cc1)c1ccc(OCC(Br)CBr)cc1. The van der Waals surface area contributed by atoms with Crippen molar-refractivity contribution in [3.8, 4) is 11.5 Å². The van der Waals surface area contributed by atoms with Gasteiger partial charge in [-0.15, -0.1) is 0 Å². The second-order valence-corrected chi connectivity index (χ2v) is 11.4. The molecule has 2 aromatic carbocycles. The summed E-state index contributed by atoms with van der Waals surface area (Å²) in [6.07, 6.45) is 0. The summed E-state index contributed by atoms with van der Waals surface area (Å²) in [6, 6.07) is 12.9. The minimum atomic E-state index is -3.59. The third kappa shape index (κ3) is 7.03. The lowest BCUT2D eigenvalue weighted by Gasteiger charge is -2.11. The van der Waals surface area contributed by atoms with Gasteiger partial charge in [0.2, 0.25) is 9.84 Å². The van der Waals surface area contributed by atoms with Crippen LogP contribution in [0.25, 0.3) is 0 Å². The summed E-state index contributed by atoms with van der Waals surface area (Å²) in [7, 11) is -3.59. The zero-order valence-corrected chi connectivity index (χ0v) is 21.3. The Labute approximate surface area is 193 Å². The van der Waals surface area contributed by atoms with Crippen molar-refractivity contribution in [2.24, 2.45) is 0 Å². The van der Waals surface area contributed by atoms with Crippen molar-refractivity contribution < 1.29 is 17.9 Å². The van der Waals surface area contributed by atoms with Gasteiger partial charge in [-0.1, -0.05) is 63.7 Å². The number of rotatable bonds is 10. The van der Waals surface area contributed by atoms with E-state index in [1.807, 2.05) is 0 Å². The average molecular weight is 650 g/mol. The molecule has 0 saturated heterocycles. The van der Waals surface area contributed by atoms with Crippen molar-refractivity contribution >= 4 is 73.6 Å². The average Bonchev–Trinajstić information content (AvgIpc) is 2.70. The molecule has 4 nitrogen and oxygen atoms in total. The molecule has 148 valence electrons. The quantitative estimate of drug-likeness (QED) is 0.315. The molecule has 0 spiro atoms. The maximum Gasteiger partial charge on any atom is 0.206 e. The number of benzene rings is 2. The zero-order chi connectivity index (χ0) is 19.9. The van der Waals surface area contributed by atoms with Crippen LogP contribution in [0.4, 0.5) is 0 Å². The molecule has 0 aliphatic carbocycles. The van der Waals surface area contributed by atoms with Crippen LogP contribution in [-0.2, 0) is 9.84 Å². The first-order chi connectivity index (χ1) is 12.9. The van der Waals surface area contributed by atoms with Gasteiger partial charge in [0.15, 0.2) is 0 Å². The van der Waals surface area contributed by atoms with Crippen molar-refractivity contribution in [2.75, 3.05) is 23.9 Å². The first-order valence-corrected chi connectivity index (χ1v) is 13.5. The predicted molar refractivity (Wildman–Crippen MR) is 122 cm³/mol. The molecule has 0 amide bonds. The van der Waals surface area contributed by atoms with E-state index in [1.165, 1.54) is 0 Å². The molecule has 0 bridgehead atoms. The molecule has 0 N–H and O–H groups in total. The van der Waals surface area contributed by atoms with E-state index in [4.69, 9.17) is 9.47 Å². The Balaban J connectivity index is 2.06. The van der Waals surface area contributed by atoms with E-state index in [-0.39, 0.29) is 19.4 Å². The number of alkyl halides is 4. The first kappa shape index (κ1) is 23.2. The third-order valence-corrected chi connectivity index (χ3v) is 9.73. The van der Waals surface area contributed by atoms with Crippen LogP contribution >= 0.6 is 63.7 Å². The Kier molecular flexibility index (Phi) is 9.61. The van der Waals surface area contributed by atoms with Crippen molar-refractivity contribution in [3.63, 3.8) is 0 Å². The fourth-order valence-corrected chi connectivity index (χ4v) is 3.93. The molecular formula is C18H18Br4O4S. The molecule has 0 aromatic heterocycles. The minimum absolute atomic E-state index is 0.191. The predicted octanol–water partition coefficient (Wildman–Crippen LogP) is 5.59. The molecule has 0 heterocycles. The molecule has 27 heavy (non-hydrogen) atoms. The summed E-state index contributed by atoms with van der Waals surface area (Å²) in [5.41, 5.74) is 0. The lowest BCUT2D eigenvalue weighted by molar-refractivity contribution is 0.325. The van der Waals surface area contributed by atoms with Crippen LogP contribution in [0, 0.1) is 0 Å². The topological polar surface area (TPSA) is 52.6 Å². The van der Waals surface area contributed by atoms with Crippen molar-refractivity contribution in [2.45, 2.75) is 19.4 Å². The van der Waals surface area contributed by atoms with Gasteiger partial charge >= 0.3 is 0 Å². The monoisotopic (exact) mass is 646 g/mol. The second-order valence-electron chi connectivity index (χ2n) is 5.57. The minimum Gasteiger partial charge on any atom is -0.492 e. The highest BCUT2D eigenvalue weighted by atomic mass is 79.9. The summed E-state index contributed by atoms with van der Waals surface area (Å²) >= 11 is 13.6. The summed E-state index contributed by atoms with van der Waals surface area (Å²) < 4.78 is 36.8. The summed E-state index contributed by atoms with van der Waals surface area (Å²) in [5.74, 6) is 1.25. The van der Waals surface area contributed by atoms with E-state index >= 15 is 0 Å². The lowest BCUT2D eigenvalue weighted by Crippen LogP contribution is -2.12. The number of hydrogen-bond acceptors (Lipinski definition) is 4. The molecule has 9 heteroatoms. The van der Waals surface area contributed by atoms with Crippen LogP contribution in [0.5, 0.6) is 11.5 Å². The first-order valence-electron chi connectivity index (χ1n) is 7.97. The van der Waals surface area contributed by atoms with Crippen LogP contribution in [0.2, 0.25) is 0 Å². The number of sulfone groups is 1. The van der Waals surface area contributed by atoms with Gasteiger partial charge in [0, 0.05) is 10.7 Å². The van der Waals surface area contributed by atoms with Crippen LogP contribution < -0.4 is 9.47 Å². The number of hydrogen-bond donors (Lipinski definition) is 0. The molecule has 2 atom stereocenters. The Bertz CT molecular complexity index is 747. The van der Waals surface area contributed by atoms with Gasteiger partial charge in [0.25, 0.3) is 0 Å². The van der Waals surface area contributed by atoms with Crippen molar-refractivity contribution in [1.29, 1.82) is 0 Å². The van der Waals surface area contributed by atoms with Gasteiger partial charge < -0.3 is 9.47 Å². The molecule has 0 aliphatic rings. The molecule has 2 unspecified atom stereocenters. The largest absolute Gasteiger partial charge is 0.492 e. The van der Waals surface area contributed by atoms with Gasteiger partial charge in [0.1, 0.15) is 24.7 Å². The molecule has 2 rings (SSSR count). The summed E-state index contributed by atoms with van der Waals surface area (Å²) in [5, 5.41) is 1.54. The Morgan fingerprint density at radius 1 is 0.704 bits per heavy atom. The van der Waals surface area contributed by atoms with Crippen LogP contribution in [0.1, 0.15) is 0 Å². The Morgan fingerprint density at radius 2 is 1.04 bits per heavy atom. The van der Waals surface area contributed by atoms with E-state index < -0.39 is 9.84 Å². The van der Waals surface area contributed by atoms with Gasteiger partial charge in [-0.25, -0.2) is 8.42 Å². The zero-order valence-electron chi connectivity index (χ0n) is 14.2. The fourth-order valence-electron chi connectivity index (χ4n) is 2.03. The van der Waals surface area contributed by atoms with Gasteiger partial charge in [0.05, 0.1) is 19.4 Å². The van der Waals surface area contributed by atoms with E-state index in [9.17, 15) is 8.42 Å². The smallest absolute Gasteiger partial charge is 0.206 e. The maximum atomic E-state index is 12.8. The maximum absolute atomic E-state index is 12.8. The van der Waals surface area contributed by atoms with Gasteiger partial charge in [-0.2, -0.15) is 0 Å².